The third-order valence-corrected chi connectivity index (χ3v) is 7.91. The van der Waals surface area contributed by atoms with E-state index in [9.17, 15) is 4.79 Å². The first-order valence-corrected chi connectivity index (χ1v) is 12.3. The first-order valence-electron chi connectivity index (χ1n) is 12.3. The van der Waals surface area contributed by atoms with Gasteiger partial charge in [-0.15, -0.1) is 0 Å². The van der Waals surface area contributed by atoms with Crippen molar-refractivity contribution in [2.75, 3.05) is 40.4 Å². The first kappa shape index (κ1) is 23.8. The highest BCUT2D eigenvalue weighted by Gasteiger charge is 2.28. The van der Waals surface area contributed by atoms with Crippen molar-refractivity contribution < 1.29 is 9.47 Å². The molecule has 2 saturated heterocycles. The Balaban J connectivity index is 1.56. The second kappa shape index (κ2) is 10.3. The number of piperidine rings is 2. The summed E-state index contributed by atoms with van der Waals surface area (Å²) >= 11 is 0. The molecule has 0 spiro atoms. The molecule has 4 rings (SSSR count). The summed E-state index contributed by atoms with van der Waals surface area (Å²) in [5.74, 6) is 3.45. The zero-order valence-corrected chi connectivity index (χ0v) is 20.9. The van der Waals surface area contributed by atoms with Crippen molar-refractivity contribution in [3.63, 3.8) is 0 Å². The molecular formula is C27H39N3O3. The average molecular weight is 454 g/mol. The van der Waals surface area contributed by atoms with Gasteiger partial charge in [0.2, 0.25) is 0 Å². The molecule has 3 heterocycles. The quantitative estimate of drug-likeness (QED) is 0.719. The minimum absolute atomic E-state index is 0.0414. The van der Waals surface area contributed by atoms with E-state index in [1.807, 2.05) is 20.0 Å². The molecule has 180 valence electrons. The predicted molar refractivity (Wildman–Crippen MR) is 133 cm³/mol. The van der Waals surface area contributed by atoms with Crippen LogP contribution in [0.15, 0.2) is 23.1 Å². The fourth-order valence-corrected chi connectivity index (χ4v) is 5.68. The Kier molecular flexibility index (Phi) is 7.45. The zero-order chi connectivity index (χ0) is 23.5. The number of aryl methyl sites for hydroxylation is 1. The highest BCUT2D eigenvalue weighted by molar-refractivity contribution is 5.72. The summed E-state index contributed by atoms with van der Waals surface area (Å²) in [5.41, 5.74) is 4.94. The van der Waals surface area contributed by atoms with Crippen LogP contribution in [0.5, 0.6) is 11.5 Å². The fourth-order valence-electron chi connectivity index (χ4n) is 5.68. The van der Waals surface area contributed by atoms with Crippen molar-refractivity contribution in [1.29, 1.82) is 0 Å². The van der Waals surface area contributed by atoms with E-state index in [1.165, 1.54) is 38.8 Å². The minimum atomic E-state index is 0.0414. The van der Waals surface area contributed by atoms with Crippen molar-refractivity contribution in [1.82, 2.24) is 14.8 Å². The Morgan fingerprint density at radius 2 is 1.52 bits per heavy atom. The molecule has 33 heavy (non-hydrogen) atoms. The van der Waals surface area contributed by atoms with Crippen LogP contribution in [-0.2, 0) is 13.6 Å². The lowest BCUT2D eigenvalue weighted by atomic mass is 9.79. The minimum Gasteiger partial charge on any atom is -0.496 e. The van der Waals surface area contributed by atoms with E-state index < -0.39 is 0 Å². The molecule has 1 N–H and O–H groups in total. The average Bonchev–Trinajstić information content (AvgIpc) is 2.86. The Bertz CT molecular complexity index is 1010. The zero-order valence-electron chi connectivity index (χ0n) is 20.9. The van der Waals surface area contributed by atoms with Gasteiger partial charge in [0.15, 0.2) is 0 Å². The van der Waals surface area contributed by atoms with Crippen LogP contribution < -0.4 is 20.3 Å². The second-order valence-electron chi connectivity index (χ2n) is 9.77. The molecular weight excluding hydrogens is 414 g/mol. The lowest BCUT2D eigenvalue weighted by Crippen LogP contribution is -2.39. The van der Waals surface area contributed by atoms with Gasteiger partial charge in [0.1, 0.15) is 11.5 Å². The van der Waals surface area contributed by atoms with Crippen LogP contribution in [-0.4, -0.2) is 49.9 Å². The van der Waals surface area contributed by atoms with Crippen LogP contribution in [0.1, 0.15) is 42.4 Å². The number of likely N-dealkylation sites (tertiary alicyclic amines) is 1. The number of nitrogens with one attached hydrogen (secondary N) is 1. The van der Waals surface area contributed by atoms with Crippen LogP contribution >= 0.6 is 0 Å². The number of hydrogen-bond donors (Lipinski definition) is 1. The normalized spacial score (nSPS) is 18.5. The van der Waals surface area contributed by atoms with Crippen LogP contribution in [0, 0.1) is 25.7 Å². The van der Waals surface area contributed by atoms with E-state index in [2.05, 4.69) is 22.3 Å². The van der Waals surface area contributed by atoms with Gasteiger partial charge in [0.05, 0.1) is 19.8 Å². The molecule has 0 radical (unpaired) electrons. The van der Waals surface area contributed by atoms with Gasteiger partial charge in [-0.1, -0.05) is 0 Å². The molecule has 6 nitrogen and oxygen atoms in total. The molecule has 1 aromatic heterocycles. The second-order valence-corrected chi connectivity index (χ2v) is 9.77. The lowest BCUT2D eigenvalue weighted by Gasteiger charge is -2.38. The van der Waals surface area contributed by atoms with Gasteiger partial charge in [0.25, 0.3) is 5.56 Å². The summed E-state index contributed by atoms with van der Waals surface area (Å²) in [4.78, 5) is 14.9. The van der Waals surface area contributed by atoms with Gasteiger partial charge >= 0.3 is 0 Å². The van der Waals surface area contributed by atoms with Gasteiger partial charge in [-0.2, -0.15) is 0 Å². The van der Waals surface area contributed by atoms with E-state index >= 15 is 0 Å². The van der Waals surface area contributed by atoms with Gasteiger partial charge in [-0.25, -0.2) is 0 Å². The van der Waals surface area contributed by atoms with E-state index in [0.29, 0.717) is 0 Å². The molecule has 6 heteroatoms. The maximum Gasteiger partial charge on any atom is 0.253 e. The summed E-state index contributed by atoms with van der Waals surface area (Å²) in [6.45, 7) is 9.34. The third-order valence-electron chi connectivity index (χ3n) is 7.91. The van der Waals surface area contributed by atoms with Gasteiger partial charge in [0, 0.05) is 30.9 Å². The number of benzene rings is 1. The van der Waals surface area contributed by atoms with Crippen molar-refractivity contribution in [3.05, 3.63) is 45.4 Å². The van der Waals surface area contributed by atoms with Crippen LogP contribution in [0.2, 0.25) is 0 Å². The van der Waals surface area contributed by atoms with Crippen molar-refractivity contribution in [2.45, 2.75) is 46.1 Å². The van der Waals surface area contributed by atoms with E-state index in [1.54, 1.807) is 25.8 Å². The monoisotopic (exact) mass is 453 g/mol. The molecule has 0 aliphatic carbocycles. The Morgan fingerprint density at radius 1 is 0.939 bits per heavy atom. The number of rotatable bonds is 6. The number of nitrogens with zero attached hydrogens (tertiary/aromatic N) is 2. The van der Waals surface area contributed by atoms with Gasteiger partial charge in [-0.05, 0) is 101 Å². The summed E-state index contributed by atoms with van der Waals surface area (Å²) in [6, 6.07) is 4.18. The van der Waals surface area contributed by atoms with Gasteiger partial charge < -0.3 is 19.4 Å². The molecule has 0 bridgehead atoms. The molecule has 2 fully saturated rings. The number of hydrogen-bond acceptors (Lipinski definition) is 5. The smallest absolute Gasteiger partial charge is 0.253 e. The van der Waals surface area contributed by atoms with Crippen LogP contribution in [0.25, 0.3) is 11.1 Å². The van der Waals surface area contributed by atoms with E-state index in [4.69, 9.17) is 9.47 Å². The summed E-state index contributed by atoms with van der Waals surface area (Å²) < 4.78 is 13.3. The molecule has 2 aliphatic rings. The largest absolute Gasteiger partial charge is 0.496 e. The van der Waals surface area contributed by atoms with E-state index in [-0.39, 0.29) is 5.56 Å². The fraction of sp³-hybridized carbons (Fsp3) is 0.593. The Morgan fingerprint density at radius 3 is 2.09 bits per heavy atom. The topological polar surface area (TPSA) is 55.7 Å². The first-order chi connectivity index (χ1) is 15.9. The molecule has 0 amide bonds. The van der Waals surface area contributed by atoms with Crippen molar-refractivity contribution in [2.24, 2.45) is 18.9 Å². The molecule has 0 atom stereocenters. The van der Waals surface area contributed by atoms with E-state index in [0.717, 1.165) is 70.8 Å². The predicted octanol–water partition coefficient (Wildman–Crippen LogP) is 3.90. The summed E-state index contributed by atoms with van der Waals surface area (Å²) in [5, 5.41) is 3.49. The Labute approximate surface area is 197 Å². The molecule has 0 saturated carbocycles. The number of methoxy groups -OCH3 is 2. The lowest BCUT2D eigenvalue weighted by molar-refractivity contribution is 0.124. The number of ether oxygens (including phenoxy) is 2. The van der Waals surface area contributed by atoms with Crippen LogP contribution in [0.3, 0.4) is 0 Å². The SMILES string of the molecule is COc1cc(-c2cn(C)c(=O)c(C)c2C)cc(OC)c1CN1CCC(C2CCNCC2)CC1. The molecule has 2 aromatic rings. The van der Waals surface area contributed by atoms with Crippen molar-refractivity contribution in [3.8, 4) is 22.6 Å². The highest BCUT2D eigenvalue weighted by atomic mass is 16.5. The molecule has 1 aromatic carbocycles. The molecule has 2 aliphatic heterocycles. The highest BCUT2D eigenvalue weighted by Crippen LogP contribution is 2.38. The summed E-state index contributed by atoms with van der Waals surface area (Å²) in [7, 11) is 5.25. The number of aromatic nitrogens is 1. The summed E-state index contributed by atoms with van der Waals surface area (Å²) in [6.07, 6.45) is 7.13. The number of pyridine rings is 1. The van der Waals surface area contributed by atoms with Gasteiger partial charge in [-0.3, -0.25) is 9.69 Å². The Hall–Kier alpha value is -2.31. The maximum atomic E-state index is 12.3. The van der Waals surface area contributed by atoms with Crippen LogP contribution in [0.4, 0.5) is 0 Å². The molecule has 0 unspecified atom stereocenters. The third kappa shape index (κ3) is 4.97. The maximum absolute atomic E-state index is 12.3. The standard InChI is InChI=1S/C27H39N3O3/c1-18-19(2)27(31)29(3)16-23(18)22-14-25(32-4)24(26(15-22)33-5)17-30-12-8-21(9-13-30)20-6-10-28-11-7-20/h14-16,20-21,28H,6-13,17H2,1-5H3. The van der Waals surface area contributed by atoms with Crippen molar-refractivity contribution >= 4 is 0 Å².